The van der Waals surface area contributed by atoms with Crippen molar-refractivity contribution in [2.75, 3.05) is 18.1 Å². The van der Waals surface area contributed by atoms with Crippen molar-refractivity contribution in [1.29, 1.82) is 0 Å². The van der Waals surface area contributed by atoms with Gasteiger partial charge in [0.1, 0.15) is 0 Å². The molecule has 1 heterocycles. The van der Waals surface area contributed by atoms with Gasteiger partial charge in [0, 0.05) is 25.0 Å². The van der Waals surface area contributed by atoms with Gasteiger partial charge in [0.05, 0.1) is 0 Å². The van der Waals surface area contributed by atoms with E-state index in [1.807, 2.05) is 0 Å². The van der Waals surface area contributed by atoms with E-state index < -0.39 is 9.16 Å². The zero-order valence-electron chi connectivity index (χ0n) is 20.5. The quantitative estimate of drug-likeness (QED) is 0.104. The Labute approximate surface area is 188 Å². The minimum absolute atomic E-state index is 0.502. The monoisotopic (exact) mass is 431 g/mol. The molecule has 0 N–H and O–H groups in total. The van der Waals surface area contributed by atoms with E-state index in [1.54, 1.807) is 0 Å². The maximum Gasteiger partial charge on any atom is 0.0419 e. The van der Waals surface area contributed by atoms with E-state index in [0.29, 0.717) is 12.1 Å². The molecule has 1 saturated carbocycles. The molecule has 1 saturated heterocycles. The molecule has 5 unspecified atom stereocenters. The van der Waals surface area contributed by atoms with Crippen LogP contribution in [0.5, 0.6) is 0 Å². The molecule has 0 aromatic heterocycles. The van der Waals surface area contributed by atoms with Gasteiger partial charge in [-0.3, -0.25) is 14.1 Å². The molecule has 5 atom stereocenters. The van der Waals surface area contributed by atoms with Crippen LogP contribution in [0.3, 0.4) is 0 Å². The number of thiol groups is 1. The zero-order valence-corrected chi connectivity index (χ0v) is 21.4. The number of rotatable bonds is 13. The summed E-state index contributed by atoms with van der Waals surface area (Å²) >= 11 is 0. The van der Waals surface area contributed by atoms with Crippen LogP contribution in [0.2, 0.25) is 0 Å². The highest BCUT2D eigenvalue weighted by molar-refractivity contribution is 8.54. The van der Waals surface area contributed by atoms with Crippen molar-refractivity contribution in [1.82, 2.24) is 4.90 Å². The number of nitrogens with zero attached hydrogens (tertiary/aromatic N) is 1. The van der Waals surface area contributed by atoms with Crippen molar-refractivity contribution in [3.63, 3.8) is 0 Å². The number of terminal acetylenes is 1. The molecule has 2 rings (SSSR count). The van der Waals surface area contributed by atoms with Crippen molar-refractivity contribution < 1.29 is 0 Å². The van der Waals surface area contributed by atoms with Gasteiger partial charge in [-0.15, -0.1) is 12.3 Å². The smallest absolute Gasteiger partial charge is 0.0419 e. The van der Waals surface area contributed by atoms with Gasteiger partial charge in [0.2, 0.25) is 0 Å². The molecule has 0 aromatic carbocycles. The molecule has 0 radical (unpaired) electrons. The van der Waals surface area contributed by atoms with Gasteiger partial charge in [-0.25, -0.2) is 0 Å². The first-order valence-electron chi connectivity index (χ1n) is 12.6. The predicted octanol–water partition coefficient (Wildman–Crippen LogP) is 7.55. The molecule has 1 aliphatic carbocycles. The summed E-state index contributed by atoms with van der Waals surface area (Å²) in [7, 11) is -2.03. The lowest BCUT2D eigenvalue weighted by Crippen LogP contribution is -2.32. The second-order valence-corrected chi connectivity index (χ2v) is 15.9. The molecule has 2 heteroatoms. The lowest BCUT2D eigenvalue weighted by molar-refractivity contribution is 0.428. The standard InChI is InChI=1S/C28H49NS/c1-7-12-14-21-30(11-5,20-10-4,28-18-17-25(6)23-28)22-19-27-24-29(27)26(15-9-3)16-13-8-2/h2,9-10,15,19-20,22,25-28,30H,7,11-14,16-18,21,23-24H2,1,3-6H3/b15-9-,20-10?,22-19-. The van der Waals surface area contributed by atoms with E-state index in [1.165, 1.54) is 56.6 Å². The van der Waals surface area contributed by atoms with Gasteiger partial charge in [0.25, 0.3) is 0 Å². The van der Waals surface area contributed by atoms with Crippen LogP contribution in [-0.4, -0.2) is 40.3 Å². The van der Waals surface area contributed by atoms with E-state index in [2.05, 4.69) is 80.6 Å². The Kier molecular flexibility index (Phi) is 9.83. The highest BCUT2D eigenvalue weighted by Gasteiger charge is 2.46. The predicted molar refractivity (Wildman–Crippen MR) is 142 cm³/mol. The van der Waals surface area contributed by atoms with Crippen LogP contribution in [0.4, 0.5) is 0 Å². The van der Waals surface area contributed by atoms with Crippen LogP contribution >= 0.6 is 9.16 Å². The van der Waals surface area contributed by atoms with E-state index in [0.717, 1.165) is 24.0 Å². The molecule has 0 aromatic rings. The van der Waals surface area contributed by atoms with Crippen LogP contribution in [0.1, 0.15) is 86.0 Å². The molecule has 0 amide bonds. The number of unbranched alkanes of at least 4 members (excludes halogenated alkanes) is 2. The molecular formula is C28H49NS. The largest absolute Gasteiger partial charge is 0.287 e. The third-order valence-corrected chi connectivity index (χ3v) is 15.3. The first kappa shape index (κ1) is 25.4. The van der Waals surface area contributed by atoms with Crippen molar-refractivity contribution >= 4 is 9.16 Å². The van der Waals surface area contributed by atoms with Crippen LogP contribution < -0.4 is 0 Å². The Morgan fingerprint density at radius 3 is 2.50 bits per heavy atom. The third kappa shape index (κ3) is 5.86. The summed E-state index contributed by atoms with van der Waals surface area (Å²) in [6.07, 6.45) is 25.4. The molecule has 2 fully saturated rings. The Bertz CT molecular complexity index is 656. The Hall–Kier alpha value is -0.910. The van der Waals surface area contributed by atoms with E-state index >= 15 is 0 Å². The fourth-order valence-corrected chi connectivity index (χ4v) is 12.6. The second-order valence-electron chi connectivity index (χ2n) is 10.0. The number of allylic oxidation sites excluding steroid dienone is 2. The van der Waals surface area contributed by atoms with Gasteiger partial charge in [0.15, 0.2) is 0 Å². The van der Waals surface area contributed by atoms with Crippen molar-refractivity contribution in [2.24, 2.45) is 5.92 Å². The van der Waals surface area contributed by atoms with Crippen LogP contribution in [0.15, 0.2) is 35.1 Å². The summed E-state index contributed by atoms with van der Waals surface area (Å²) < 4.78 is 0. The fraction of sp³-hybridized carbons (Fsp3) is 0.714. The Morgan fingerprint density at radius 1 is 1.13 bits per heavy atom. The molecule has 1 aliphatic heterocycles. The second kappa shape index (κ2) is 11.6. The minimum Gasteiger partial charge on any atom is -0.287 e. The van der Waals surface area contributed by atoms with Gasteiger partial charge >= 0.3 is 0 Å². The summed E-state index contributed by atoms with van der Waals surface area (Å²) in [5.74, 6) is 6.50. The molecule has 0 bridgehead atoms. The van der Waals surface area contributed by atoms with Gasteiger partial charge in [-0.2, -0.15) is 0 Å². The molecule has 0 spiro atoms. The molecule has 30 heavy (non-hydrogen) atoms. The first-order chi connectivity index (χ1) is 14.5. The maximum atomic E-state index is 5.54. The molecule has 2 aliphatic rings. The average Bonchev–Trinajstić information content (AvgIpc) is 3.39. The normalized spacial score (nSPS) is 29.4. The fourth-order valence-electron chi connectivity index (χ4n) is 6.03. The SMILES string of the molecule is C#CCCC(/C=C\C)N1CC1/C=C\[SH](C=CC)(CC)(CCCCC)C1CCC(C)C1. The third-order valence-electron chi connectivity index (χ3n) is 8.02. The summed E-state index contributed by atoms with van der Waals surface area (Å²) in [4.78, 5) is 2.63. The highest BCUT2D eigenvalue weighted by Crippen LogP contribution is 2.78. The Morgan fingerprint density at radius 2 is 1.93 bits per heavy atom. The van der Waals surface area contributed by atoms with Crippen LogP contribution in [0, 0.1) is 18.3 Å². The lowest BCUT2D eigenvalue weighted by atomic mass is 10.1. The van der Waals surface area contributed by atoms with Gasteiger partial charge in [-0.1, -0.05) is 68.7 Å². The first-order valence-corrected chi connectivity index (χ1v) is 15.5. The van der Waals surface area contributed by atoms with Crippen molar-refractivity contribution in [3.05, 3.63) is 35.1 Å². The topological polar surface area (TPSA) is 3.01 Å². The summed E-state index contributed by atoms with van der Waals surface area (Å²) in [5.41, 5.74) is 0. The molecular weight excluding hydrogens is 382 g/mol. The van der Waals surface area contributed by atoms with Crippen LogP contribution in [-0.2, 0) is 0 Å². The molecule has 172 valence electrons. The van der Waals surface area contributed by atoms with Crippen LogP contribution in [0.25, 0.3) is 0 Å². The summed E-state index contributed by atoms with van der Waals surface area (Å²) in [6.45, 7) is 12.9. The zero-order chi connectivity index (χ0) is 22.1. The summed E-state index contributed by atoms with van der Waals surface area (Å²) in [5, 5.41) is 6.47. The van der Waals surface area contributed by atoms with Gasteiger partial charge < -0.3 is 0 Å². The average molecular weight is 432 g/mol. The van der Waals surface area contributed by atoms with Crippen molar-refractivity contribution in [3.8, 4) is 12.3 Å². The maximum absolute atomic E-state index is 5.54. The number of hydrogen-bond acceptors (Lipinski definition) is 1. The number of hydrogen-bond donors (Lipinski definition) is 1. The minimum atomic E-state index is -2.03. The molecule has 1 nitrogen and oxygen atoms in total. The van der Waals surface area contributed by atoms with E-state index in [9.17, 15) is 0 Å². The Balaban J connectivity index is 2.29. The van der Waals surface area contributed by atoms with Crippen molar-refractivity contribution in [2.45, 2.75) is 103 Å². The highest BCUT2D eigenvalue weighted by atomic mass is 32.3. The van der Waals surface area contributed by atoms with E-state index in [-0.39, 0.29) is 0 Å². The lowest BCUT2D eigenvalue weighted by Gasteiger charge is -2.62. The summed E-state index contributed by atoms with van der Waals surface area (Å²) in [6, 6.07) is 1.11. The van der Waals surface area contributed by atoms with E-state index in [4.69, 9.17) is 6.42 Å². The van der Waals surface area contributed by atoms with Gasteiger partial charge in [-0.05, 0) is 68.6 Å².